The number of hydrogen-bond donors (Lipinski definition) is 3. The van der Waals surface area contributed by atoms with Crippen molar-refractivity contribution < 1.29 is 10.2 Å². The largest absolute Gasteiger partial charge is 0.395 e. The molecule has 1 aliphatic carbocycles. The lowest BCUT2D eigenvalue weighted by Gasteiger charge is -2.50. The van der Waals surface area contributed by atoms with Crippen molar-refractivity contribution in [2.45, 2.75) is 51.8 Å². The molecule has 0 aliphatic heterocycles. The molecule has 2 unspecified atom stereocenters. The molecule has 0 bridgehead atoms. The molecular formula is C10H21NO2. The van der Waals surface area contributed by atoms with E-state index in [-0.39, 0.29) is 24.2 Å². The van der Waals surface area contributed by atoms with Gasteiger partial charge in [0.05, 0.1) is 12.7 Å². The van der Waals surface area contributed by atoms with E-state index in [1.807, 2.05) is 0 Å². The van der Waals surface area contributed by atoms with E-state index in [0.717, 1.165) is 12.8 Å². The first-order valence-corrected chi connectivity index (χ1v) is 5.07. The van der Waals surface area contributed by atoms with E-state index in [1.165, 1.54) is 0 Å². The highest BCUT2D eigenvalue weighted by Gasteiger charge is 2.47. The first-order valence-electron chi connectivity index (χ1n) is 5.07. The van der Waals surface area contributed by atoms with Gasteiger partial charge in [-0.05, 0) is 12.8 Å². The Morgan fingerprint density at radius 3 is 2.46 bits per heavy atom. The Morgan fingerprint density at radius 1 is 1.54 bits per heavy atom. The first-order chi connectivity index (χ1) is 6.02. The molecule has 0 spiro atoms. The molecule has 0 heterocycles. The SMILES string of the molecule is CC[C@@H](CO)NC1CC(O)C1(C)C. The van der Waals surface area contributed by atoms with Crippen LogP contribution >= 0.6 is 0 Å². The van der Waals surface area contributed by atoms with Gasteiger partial charge in [-0.25, -0.2) is 0 Å². The molecule has 0 aromatic carbocycles. The minimum atomic E-state index is -0.193. The van der Waals surface area contributed by atoms with Crippen LogP contribution in [0.5, 0.6) is 0 Å². The maximum atomic E-state index is 9.50. The van der Waals surface area contributed by atoms with Gasteiger partial charge in [-0.15, -0.1) is 0 Å². The molecule has 0 radical (unpaired) electrons. The average molecular weight is 187 g/mol. The first kappa shape index (κ1) is 11.0. The van der Waals surface area contributed by atoms with Gasteiger partial charge in [-0.2, -0.15) is 0 Å². The zero-order valence-electron chi connectivity index (χ0n) is 8.75. The second kappa shape index (κ2) is 3.95. The van der Waals surface area contributed by atoms with Crippen LogP contribution in [0.1, 0.15) is 33.6 Å². The van der Waals surface area contributed by atoms with Gasteiger partial charge in [0.15, 0.2) is 0 Å². The molecule has 1 saturated carbocycles. The zero-order valence-corrected chi connectivity index (χ0v) is 8.75. The van der Waals surface area contributed by atoms with Crippen molar-refractivity contribution in [2.24, 2.45) is 5.41 Å². The van der Waals surface area contributed by atoms with Crippen LogP contribution in [0.3, 0.4) is 0 Å². The average Bonchev–Trinajstić information content (AvgIpc) is 2.12. The van der Waals surface area contributed by atoms with E-state index in [0.29, 0.717) is 6.04 Å². The van der Waals surface area contributed by atoms with Crippen molar-refractivity contribution in [2.75, 3.05) is 6.61 Å². The molecule has 1 rings (SSSR count). The van der Waals surface area contributed by atoms with E-state index < -0.39 is 0 Å². The zero-order chi connectivity index (χ0) is 10.1. The molecule has 3 nitrogen and oxygen atoms in total. The topological polar surface area (TPSA) is 52.5 Å². The Morgan fingerprint density at radius 2 is 2.15 bits per heavy atom. The van der Waals surface area contributed by atoms with Crippen LogP contribution in [-0.4, -0.2) is 35.0 Å². The summed E-state index contributed by atoms with van der Waals surface area (Å²) < 4.78 is 0. The Kier molecular flexibility index (Phi) is 3.33. The summed E-state index contributed by atoms with van der Waals surface area (Å²) in [4.78, 5) is 0. The molecule has 78 valence electrons. The molecule has 0 aromatic heterocycles. The van der Waals surface area contributed by atoms with Crippen molar-refractivity contribution in [1.82, 2.24) is 5.32 Å². The summed E-state index contributed by atoms with van der Waals surface area (Å²) in [6.45, 7) is 6.35. The van der Waals surface area contributed by atoms with Crippen molar-refractivity contribution in [3.63, 3.8) is 0 Å². The number of aliphatic hydroxyl groups is 2. The van der Waals surface area contributed by atoms with Gasteiger partial charge in [0, 0.05) is 17.5 Å². The van der Waals surface area contributed by atoms with Gasteiger partial charge in [0.1, 0.15) is 0 Å². The van der Waals surface area contributed by atoms with Crippen molar-refractivity contribution in [1.29, 1.82) is 0 Å². The molecule has 3 heteroatoms. The molecule has 0 saturated heterocycles. The van der Waals surface area contributed by atoms with E-state index in [9.17, 15) is 5.11 Å². The third-order valence-corrected chi connectivity index (χ3v) is 3.37. The summed E-state index contributed by atoms with van der Waals surface area (Å²) in [6, 6.07) is 0.524. The number of nitrogens with one attached hydrogen (secondary N) is 1. The predicted octanol–water partition coefficient (Wildman–Crippen LogP) is 0.506. The van der Waals surface area contributed by atoms with Crippen LogP contribution in [-0.2, 0) is 0 Å². The van der Waals surface area contributed by atoms with Gasteiger partial charge >= 0.3 is 0 Å². The molecular weight excluding hydrogens is 166 g/mol. The van der Waals surface area contributed by atoms with Gasteiger partial charge in [-0.3, -0.25) is 0 Å². The lowest BCUT2D eigenvalue weighted by atomic mass is 9.64. The highest BCUT2D eigenvalue weighted by atomic mass is 16.3. The van der Waals surface area contributed by atoms with Gasteiger partial charge < -0.3 is 15.5 Å². The fraction of sp³-hybridized carbons (Fsp3) is 1.00. The molecule has 3 atom stereocenters. The fourth-order valence-corrected chi connectivity index (χ4v) is 1.77. The second-order valence-electron chi connectivity index (χ2n) is 4.58. The quantitative estimate of drug-likeness (QED) is 0.601. The molecule has 0 aromatic rings. The highest BCUT2D eigenvalue weighted by molar-refractivity contribution is 5.02. The number of rotatable bonds is 4. The van der Waals surface area contributed by atoms with E-state index in [2.05, 4.69) is 26.1 Å². The maximum absolute atomic E-state index is 9.50. The molecule has 1 fully saturated rings. The maximum Gasteiger partial charge on any atom is 0.0621 e. The highest BCUT2D eigenvalue weighted by Crippen LogP contribution is 2.40. The van der Waals surface area contributed by atoms with Crippen LogP contribution in [0.4, 0.5) is 0 Å². The Labute approximate surface area is 80.2 Å². The van der Waals surface area contributed by atoms with Gasteiger partial charge in [-0.1, -0.05) is 20.8 Å². The molecule has 0 amide bonds. The fourth-order valence-electron chi connectivity index (χ4n) is 1.77. The van der Waals surface area contributed by atoms with Gasteiger partial charge in [0.25, 0.3) is 0 Å². The van der Waals surface area contributed by atoms with E-state index >= 15 is 0 Å². The third kappa shape index (κ3) is 2.03. The minimum absolute atomic E-state index is 0.0391. The molecule has 3 N–H and O–H groups in total. The lowest BCUT2D eigenvalue weighted by Crippen LogP contribution is -2.62. The molecule has 13 heavy (non-hydrogen) atoms. The predicted molar refractivity (Wildman–Crippen MR) is 52.5 cm³/mol. The van der Waals surface area contributed by atoms with Crippen molar-refractivity contribution in [3.8, 4) is 0 Å². The third-order valence-electron chi connectivity index (χ3n) is 3.37. The van der Waals surface area contributed by atoms with E-state index in [4.69, 9.17) is 5.11 Å². The summed E-state index contributed by atoms with van der Waals surface area (Å²) in [6.07, 6.45) is 1.55. The van der Waals surface area contributed by atoms with E-state index in [1.54, 1.807) is 0 Å². The standard InChI is InChI=1S/C10H21NO2/c1-4-7(6-12)11-8-5-9(13)10(8,2)3/h7-9,11-13H,4-6H2,1-3H3/t7-,8?,9?/m0/s1. The van der Waals surface area contributed by atoms with Crippen molar-refractivity contribution in [3.05, 3.63) is 0 Å². The van der Waals surface area contributed by atoms with Crippen LogP contribution in [0, 0.1) is 5.41 Å². The lowest BCUT2D eigenvalue weighted by molar-refractivity contribution is -0.0776. The van der Waals surface area contributed by atoms with Crippen molar-refractivity contribution >= 4 is 0 Å². The Hall–Kier alpha value is -0.120. The summed E-state index contributed by atoms with van der Waals surface area (Å²) in [5.41, 5.74) is -0.0391. The smallest absolute Gasteiger partial charge is 0.0621 e. The Balaban J connectivity index is 2.39. The summed E-state index contributed by atoms with van der Waals surface area (Å²) in [5.74, 6) is 0. The van der Waals surface area contributed by atoms with Crippen LogP contribution < -0.4 is 5.32 Å². The number of hydrogen-bond acceptors (Lipinski definition) is 3. The van der Waals surface area contributed by atoms with Crippen LogP contribution in [0.25, 0.3) is 0 Å². The van der Waals surface area contributed by atoms with Crippen LogP contribution in [0.2, 0.25) is 0 Å². The Bertz CT molecular complexity index is 166. The van der Waals surface area contributed by atoms with Crippen LogP contribution in [0.15, 0.2) is 0 Å². The normalized spacial score (nSPS) is 33.9. The minimum Gasteiger partial charge on any atom is -0.395 e. The number of aliphatic hydroxyl groups excluding tert-OH is 2. The van der Waals surface area contributed by atoms with Gasteiger partial charge in [0.2, 0.25) is 0 Å². The summed E-state index contributed by atoms with van der Waals surface area (Å²) in [5, 5.41) is 21.9. The summed E-state index contributed by atoms with van der Waals surface area (Å²) in [7, 11) is 0. The molecule has 1 aliphatic rings. The summed E-state index contributed by atoms with van der Waals surface area (Å²) >= 11 is 0. The second-order valence-corrected chi connectivity index (χ2v) is 4.58. The monoisotopic (exact) mass is 187 g/mol.